The van der Waals surface area contributed by atoms with Crippen molar-refractivity contribution in [1.82, 2.24) is 19.5 Å². The van der Waals surface area contributed by atoms with Gasteiger partial charge in [-0.05, 0) is 45.5 Å². The molecule has 1 saturated heterocycles. The zero-order chi connectivity index (χ0) is 22.8. The van der Waals surface area contributed by atoms with Gasteiger partial charge in [0.15, 0.2) is 28.4 Å². The van der Waals surface area contributed by atoms with E-state index in [0.29, 0.717) is 35.1 Å². The summed E-state index contributed by atoms with van der Waals surface area (Å²) in [6.45, 7) is 7.91. The van der Waals surface area contributed by atoms with Crippen molar-refractivity contribution < 1.29 is 14.9 Å². The van der Waals surface area contributed by atoms with Crippen LogP contribution in [0.5, 0.6) is 0 Å². The van der Waals surface area contributed by atoms with Gasteiger partial charge in [0.05, 0.1) is 12.4 Å². The molecule has 0 bridgehead atoms. The number of nitrogens with one attached hydrogen (secondary N) is 1. The van der Waals surface area contributed by atoms with Crippen LogP contribution in [0.3, 0.4) is 0 Å². The summed E-state index contributed by atoms with van der Waals surface area (Å²) in [4.78, 5) is 13.7. The smallest absolute Gasteiger partial charge is 0.191 e. The predicted octanol–water partition coefficient (Wildman–Crippen LogP) is 3.03. The van der Waals surface area contributed by atoms with Crippen molar-refractivity contribution in [2.75, 3.05) is 37.6 Å². The molecule has 1 fully saturated rings. The Morgan fingerprint density at radius 3 is 2.74 bits per heavy atom. The maximum Gasteiger partial charge on any atom is 0.191 e. The number of nitrogens with zero attached hydrogens (tertiary/aromatic N) is 4. The lowest BCUT2D eigenvalue weighted by molar-refractivity contribution is -0.0353. The first-order valence-corrected chi connectivity index (χ1v) is 14.8. The Bertz CT molecular complexity index is 989. The minimum atomic E-state index is -1.25. The molecule has 1 aliphatic heterocycles. The van der Waals surface area contributed by atoms with Gasteiger partial charge in [0.2, 0.25) is 0 Å². The van der Waals surface area contributed by atoms with Crippen LogP contribution in [-0.4, -0.2) is 86.6 Å². The van der Waals surface area contributed by atoms with Crippen LogP contribution in [0.2, 0.25) is 0 Å². The average Bonchev–Trinajstić information content (AvgIpc) is 3.27. The second kappa shape index (κ2) is 10.0. The summed E-state index contributed by atoms with van der Waals surface area (Å²) in [6, 6.07) is 0. The van der Waals surface area contributed by atoms with Gasteiger partial charge in [-0.2, -0.15) is 0 Å². The van der Waals surface area contributed by atoms with Crippen LogP contribution < -0.4 is 5.32 Å². The molecular weight excluding hydrogens is 433 g/mol. The summed E-state index contributed by atoms with van der Waals surface area (Å²) in [5.41, 5.74) is 2.47. The fourth-order valence-corrected chi connectivity index (χ4v) is 4.75. The fourth-order valence-electron chi connectivity index (χ4n) is 3.44. The first-order valence-electron chi connectivity index (χ1n) is 10.5. The van der Waals surface area contributed by atoms with Crippen LogP contribution >= 0.6 is 18.6 Å². The molecule has 172 valence electrons. The van der Waals surface area contributed by atoms with Gasteiger partial charge >= 0.3 is 0 Å². The molecule has 2 unspecified atom stereocenters. The summed E-state index contributed by atoms with van der Waals surface area (Å²) in [6.07, 6.45) is 9.18. The summed E-state index contributed by atoms with van der Waals surface area (Å²) >= 11 is 1.43. The number of ether oxygens (including phenoxy) is 1. The molecule has 0 saturated carbocycles. The van der Waals surface area contributed by atoms with E-state index in [0.717, 1.165) is 12.6 Å². The molecule has 1 aliphatic rings. The summed E-state index contributed by atoms with van der Waals surface area (Å²) in [5.74, 6) is 0.640. The van der Waals surface area contributed by atoms with E-state index in [-0.39, 0.29) is 0 Å². The minimum absolute atomic E-state index is 0.444. The van der Waals surface area contributed by atoms with Gasteiger partial charge in [0.25, 0.3) is 0 Å². The van der Waals surface area contributed by atoms with Crippen molar-refractivity contribution in [1.29, 1.82) is 0 Å². The minimum Gasteiger partial charge on any atom is -0.388 e. The molecule has 0 amide bonds. The predicted molar refractivity (Wildman–Crippen MR) is 131 cm³/mol. The number of rotatable bonds is 9. The molecule has 0 aromatic carbocycles. The highest BCUT2D eigenvalue weighted by Gasteiger charge is 2.44. The van der Waals surface area contributed by atoms with Crippen molar-refractivity contribution in [3.05, 3.63) is 18.0 Å². The summed E-state index contributed by atoms with van der Waals surface area (Å²) in [5, 5.41) is 25.2. The number of hydrogen-bond donors (Lipinski definition) is 3. The molecule has 2 aromatic rings. The molecule has 3 N–H and O–H groups in total. The van der Waals surface area contributed by atoms with Gasteiger partial charge < -0.3 is 20.3 Å². The molecule has 4 atom stereocenters. The number of allylic oxidation sites excluding steroid dienone is 1. The average molecular weight is 468 g/mol. The Kier molecular flexibility index (Phi) is 7.86. The monoisotopic (exact) mass is 467 g/mol. The standard InChI is InChI=1S/C21H34N5O3PS/c1-7-13(2)8-10-22-18-15-19(25-21(24-18)31-6)26(12-23-15)20-17(28)16(27)14(29-20)9-11-30(3,4)5/h8,12,14,16-17,20,27-28H,3,7,9-11H2,1-2,4-6H3,(H,22,24,25)/b13-8-/t14?,16-,17-,20?/m1/s1. The molecule has 10 heteroatoms. The highest BCUT2D eigenvalue weighted by atomic mass is 32.2. The molecule has 8 nitrogen and oxygen atoms in total. The van der Waals surface area contributed by atoms with Crippen molar-refractivity contribution in [3.8, 4) is 0 Å². The molecule has 2 aromatic heterocycles. The van der Waals surface area contributed by atoms with Crippen molar-refractivity contribution >= 4 is 41.9 Å². The number of aliphatic hydroxyl groups excluding tert-OH is 2. The van der Waals surface area contributed by atoms with Gasteiger partial charge in [-0.1, -0.05) is 30.3 Å². The van der Waals surface area contributed by atoms with Gasteiger partial charge in [0.1, 0.15) is 12.2 Å². The quantitative estimate of drug-likeness (QED) is 0.224. The van der Waals surface area contributed by atoms with Crippen molar-refractivity contribution in [2.24, 2.45) is 0 Å². The Morgan fingerprint density at radius 2 is 2.10 bits per heavy atom. The molecule has 0 spiro atoms. The number of imidazole rings is 1. The van der Waals surface area contributed by atoms with E-state index >= 15 is 0 Å². The van der Waals surface area contributed by atoms with Crippen molar-refractivity contribution in [2.45, 2.75) is 56.4 Å². The van der Waals surface area contributed by atoms with E-state index in [1.165, 1.54) is 17.3 Å². The largest absolute Gasteiger partial charge is 0.388 e. The summed E-state index contributed by atoms with van der Waals surface area (Å²) < 4.78 is 7.79. The number of aliphatic hydroxyl groups is 2. The molecule has 3 heterocycles. The maximum absolute atomic E-state index is 10.7. The van der Waals surface area contributed by atoms with Crippen molar-refractivity contribution in [3.63, 3.8) is 0 Å². The van der Waals surface area contributed by atoms with Gasteiger partial charge in [0, 0.05) is 6.54 Å². The van der Waals surface area contributed by atoms with Gasteiger partial charge in [-0.3, -0.25) is 4.57 Å². The molecular formula is C21H34N5O3PS. The Morgan fingerprint density at radius 1 is 1.35 bits per heavy atom. The van der Waals surface area contributed by atoms with E-state index < -0.39 is 31.4 Å². The highest BCUT2D eigenvalue weighted by molar-refractivity contribution is 7.98. The Hall–Kier alpha value is -1.38. The van der Waals surface area contributed by atoms with Crippen LogP contribution in [0.4, 0.5) is 5.82 Å². The second-order valence-electron chi connectivity index (χ2n) is 8.66. The highest BCUT2D eigenvalue weighted by Crippen LogP contribution is 2.40. The SMILES string of the molecule is C=P(C)(C)CCC1OC(n2cnc3c(NC/C=C(/C)CC)nc(SC)nc32)[C@H](O)[C@@H]1O. The third-order valence-corrected chi connectivity index (χ3v) is 7.51. The molecule has 3 rings (SSSR count). The first kappa shape index (κ1) is 24.3. The Balaban J connectivity index is 1.89. The second-order valence-corrected chi connectivity index (χ2v) is 13.8. The number of hydrogen-bond acceptors (Lipinski definition) is 8. The van der Waals surface area contributed by atoms with E-state index in [1.807, 2.05) is 6.26 Å². The van der Waals surface area contributed by atoms with E-state index in [1.54, 1.807) is 10.9 Å². The molecule has 0 aliphatic carbocycles. The number of aromatic nitrogens is 4. The number of thioether (sulfide) groups is 1. The van der Waals surface area contributed by atoms with Crippen LogP contribution in [-0.2, 0) is 4.74 Å². The van der Waals surface area contributed by atoms with Gasteiger partial charge in [-0.25, -0.2) is 15.0 Å². The Labute approximate surface area is 188 Å². The third-order valence-electron chi connectivity index (χ3n) is 5.49. The molecule has 31 heavy (non-hydrogen) atoms. The normalized spacial score (nSPS) is 24.8. The lowest BCUT2D eigenvalue weighted by Gasteiger charge is -2.18. The lowest BCUT2D eigenvalue weighted by Crippen LogP contribution is -2.31. The summed E-state index contributed by atoms with van der Waals surface area (Å²) in [7, 11) is 0. The van der Waals surface area contributed by atoms with E-state index in [4.69, 9.17) is 4.74 Å². The van der Waals surface area contributed by atoms with Crippen LogP contribution in [0.1, 0.15) is 32.9 Å². The molecule has 0 radical (unpaired) electrons. The fraction of sp³-hybridized carbons (Fsp3) is 0.619. The number of fused-ring (bicyclic) bond motifs is 1. The van der Waals surface area contributed by atoms with E-state index in [2.05, 4.69) is 59.8 Å². The third kappa shape index (κ3) is 5.71. The van der Waals surface area contributed by atoms with Crippen LogP contribution in [0.25, 0.3) is 11.2 Å². The zero-order valence-corrected chi connectivity index (χ0v) is 20.7. The van der Waals surface area contributed by atoms with Gasteiger partial charge in [-0.15, -0.1) is 13.2 Å². The first-order chi connectivity index (χ1) is 14.6. The zero-order valence-electron chi connectivity index (χ0n) is 18.9. The topological polar surface area (TPSA) is 105 Å². The lowest BCUT2D eigenvalue weighted by atomic mass is 10.1. The number of anilines is 1. The van der Waals surface area contributed by atoms with E-state index in [9.17, 15) is 10.2 Å². The van der Waals surface area contributed by atoms with Crippen LogP contribution in [0, 0.1) is 0 Å². The van der Waals surface area contributed by atoms with Crippen LogP contribution in [0.15, 0.2) is 23.1 Å². The maximum atomic E-state index is 10.7.